The first kappa shape index (κ1) is 21.8. The SMILES string of the molecule is COc1ccc(-c2csc(NC(=O)c3cnn(-c4ccc(Cl)cc4)c3C(F)(F)F)n2)cc1. The van der Waals surface area contributed by atoms with Crippen molar-refractivity contribution in [2.45, 2.75) is 6.18 Å². The van der Waals surface area contributed by atoms with Gasteiger partial charge in [-0.15, -0.1) is 11.3 Å². The quantitative estimate of drug-likeness (QED) is 0.386. The molecular weight excluding hydrogens is 465 g/mol. The first-order valence-electron chi connectivity index (χ1n) is 9.08. The summed E-state index contributed by atoms with van der Waals surface area (Å²) in [6.45, 7) is 0. The fourth-order valence-corrected chi connectivity index (χ4v) is 3.80. The van der Waals surface area contributed by atoms with E-state index >= 15 is 0 Å². The highest BCUT2D eigenvalue weighted by Crippen LogP contribution is 2.34. The van der Waals surface area contributed by atoms with Gasteiger partial charge in [0.15, 0.2) is 10.8 Å². The Balaban J connectivity index is 1.61. The molecule has 2 aromatic carbocycles. The summed E-state index contributed by atoms with van der Waals surface area (Å²) in [5, 5.41) is 8.42. The standard InChI is InChI=1S/C21H14ClF3N4O2S/c1-31-15-8-2-12(3-9-15)17-11-32-20(27-17)28-19(30)16-10-26-29(18(16)21(23,24)25)14-6-4-13(22)5-7-14/h2-11H,1H3,(H,27,28,30). The van der Waals surface area contributed by atoms with Crippen molar-refractivity contribution < 1.29 is 22.7 Å². The largest absolute Gasteiger partial charge is 0.497 e. The van der Waals surface area contributed by atoms with Crippen molar-refractivity contribution in [2.75, 3.05) is 12.4 Å². The lowest BCUT2D eigenvalue weighted by atomic mass is 10.2. The van der Waals surface area contributed by atoms with Crippen molar-refractivity contribution >= 4 is 34.0 Å². The van der Waals surface area contributed by atoms with Crippen LogP contribution in [0.4, 0.5) is 18.3 Å². The summed E-state index contributed by atoms with van der Waals surface area (Å²) in [6.07, 6.45) is -3.94. The van der Waals surface area contributed by atoms with Gasteiger partial charge in [0.2, 0.25) is 0 Å². The molecule has 1 N–H and O–H groups in total. The zero-order valence-corrected chi connectivity index (χ0v) is 17.9. The molecule has 1 amide bonds. The van der Waals surface area contributed by atoms with Crippen molar-refractivity contribution in [1.82, 2.24) is 14.8 Å². The van der Waals surface area contributed by atoms with Crippen LogP contribution in [0.1, 0.15) is 16.1 Å². The highest BCUT2D eigenvalue weighted by molar-refractivity contribution is 7.14. The summed E-state index contributed by atoms with van der Waals surface area (Å²) < 4.78 is 47.2. The third-order valence-electron chi connectivity index (χ3n) is 4.46. The smallest absolute Gasteiger partial charge is 0.434 e. The van der Waals surface area contributed by atoms with E-state index in [1.165, 1.54) is 24.3 Å². The molecule has 6 nitrogen and oxygen atoms in total. The van der Waals surface area contributed by atoms with E-state index in [0.717, 1.165) is 23.1 Å². The van der Waals surface area contributed by atoms with Gasteiger partial charge in [0.1, 0.15) is 5.75 Å². The molecule has 2 aromatic heterocycles. The molecule has 0 bridgehead atoms. The molecule has 11 heteroatoms. The predicted octanol–water partition coefficient (Wildman–Crippen LogP) is 5.93. The molecule has 164 valence electrons. The number of nitrogens with zero attached hydrogens (tertiary/aromatic N) is 3. The molecule has 0 atom stereocenters. The molecule has 2 heterocycles. The number of amides is 1. The molecule has 0 aliphatic rings. The number of carbonyl (C=O) groups is 1. The molecule has 0 radical (unpaired) electrons. The van der Waals surface area contributed by atoms with Gasteiger partial charge in [-0.05, 0) is 48.5 Å². The van der Waals surface area contributed by atoms with Crippen molar-refractivity contribution in [3.63, 3.8) is 0 Å². The molecule has 4 aromatic rings. The summed E-state index contributed by atoms with van der Waals surface area (Å²) in [5.74, 6) is -0.289. The minimum absolute atomic E-state index is 0.122. The van der Waals surface area contributed by atoms with E-state index in [-0.39, 0.29) is 10.8 Å². The Morgan fingerprint density at radius 3 is 2.44 bits per heavy atom. The summed E-state index contributed by atoms with van der Waals surface area (Å²) in [6, 6.07) is 12.7. The third-order valence-corrected chi connectivity index (χ3v) is 5.47. The summed E-state index contributed by atoms with van der Waals surface area (Å²) in [4.78, 5) is 17.0. The maximum Gasteiger partial charge on any atom is 0.434 e. The fraction of sp³-hybridized carbons (Fsp3) is 0.0952. The summed E-state index contributed by atoms with van der Waals surface area (Å²) in [7, 11) is 1.55. The van der Waals surface area contributed by atoms with Crippen molar-refractivity contribution in [1.29, 1.82) is 0 Å². The Hall–Kier alpha value is -3.37. The maximum absolute atomic E-state index is 13.8. The Labute approximate surface area is 189 Å². The van der Waals surface area contributed by atoms with E-state index in [1.807, 2.05) is 0 Å². The lowest BCUT2D eigenvalue weighted by Gasteiger charge is -2.12. The van der Waals surface area contributed by atoms with Crippen molar-refractivity contribution in [3.05, 3.63) is 76.4 Å². The van der Waals surface area contributed by atoms with Crippen LogP contribution in [0, 0.1) is 0 Å². The van der Waals surface area contributed by atoms with Gasteiger partial charge in [-0.3, -0.25) is 10.1 Å². The van der Waals surface area contributed by atoms with Gasteiger partial charge < -0.3 is 4.74 Å². The van der Waals surface area contributed by atoms with Gasteiger partial charge in [0, 0.05) is 16.0 Å². The Morgan fingerprint density at radius 2 is 1.81 bits per heavy atom. The number of hydrogen-bond acceptors (Lipinski definition) is 5. The number of halogens is 4. The van der Waals surface area contributed by atoms with Crippen molar-refractivity contribution in [3.8, 4) is 22.7 Å². The fourth-order valence-electron chi connectivity index (χ4n) is 2.96. The van der Waals surface area contributed by atoms with E-state index in [1.54, 1.807) is 36.8 Å². The minimum Gasteiger partial charge on any atom is -0.497 e. The van der Waals surface area contributed by atoms with E-state index < -0.39 is 23.3 Å². The van der Waals surface area contributed by atoms with E-state index in [2.05, 4.69) is 15.4 Å². The Kier molecular flexibility index (Phi) is 5.90. The van der Waals surface area contributed by atoms with Crippen LogP contribution in [0.15, 0.2) is 60.1 Å². The number of thiazole rings is 1. The second-order valence-corrected chi connectivity index (χ2v) is 7.81. The molecule has 4 rings (SSSR count). The number of rotatable bonds is 5. The predicted molar refractivity (Wildman–Crippen MR) is 116 cm³/mol. The average Bonchev–Trinajstić information content (AvgIpc) is 3.42. The second-order valence-electron chi connectivity index (χ2n) is 6.51. The summed E-state index contributed by atoms with van der Waals surface area (Å²) >= 11 is 6.91. The monoisotopic (exact) mass is 478 g/mol. The van der Waals surface area contributed by atoms with E-state index in [4.69, 9.17) is 16.3 Å². The van der Waals surface area contributed by atoms with Crippen LogP contribution >= 0.6 is 22.9 Å². The number of carbonyl (C=O) groups excluding carboxylic acids is 1. The number of benzene rings is 2. The highest BCUT2D eigenvalue weighted by atomic mass is 35.5. The molecule has 32 heavy (non-hydrogen) atoms. The van der Waals surface area contributed by atoms with Crippen LogP contribution in [-0.4, -0.2) is 27.8 Å². The first-order chi connectivity index (χ1) is 15.3. The zero-order chi connectivity index (χ0) is 22.9. The molecule has 0 unspecified atom stereocenters. The minimum atomic E-state index is -4.82. The van der Waals surface area contributed by atoms with Crippen LogP contribution in [0.2, 0.25) is 5.02 Å². The number of nitrogens with one attached hydrogen (secondary N) is 1. The van der Waals surface area contributed by atoms with Gasteiger partial charge >= 0.3 is 6.18 Å². The average molecular weight is 479 g/mol. The van der Waals surface area contributed by atoms with Crippen LogP contribution in [-0.2, 0) is 6.18 Å². The number of methoxy groups -OCH3 is 1. The van der Waals surface area contributed by atoms with Crippen LogP contribution < -0.4 is 10.1 Å². The second kappa shape index (κ2) is 8.64. The van der Waals surface area contributed by atoms with Gasteiger partial charge in [-0.2, -0.15) is 18.3 Å². The molecule has 0 spiro atoms. The van der Waals surface area contributed by atoms with Crippen molar-refractivity contribution in [2.24, 2.45) is 0 Å². The molecule has 0 fully saturated rings. The van der Waals surface area contributed by atoms with Crippen LogP contribution in [0.5, 0.6) is 5.75 Å². The first-order valence-corrected chi connectivity index (χ1v) is 10.3. The van der Waals surface area contributed by atoms with Gasteiger partial charge in [-0.1, -0.05) is 11.6 Å². The Bertz CT molecular complexity index is 1250. The molecular formula is C21H14ClF3N4O2S. The normalized spacial score (nSPS) is 11.4. The van der Waals surface area contributed by atoms with Crippen LogP contribution in [0.25, 0.3) is 16.9 Å². The Morgan fingerprint density at radius 1 is 1.12 bits per heavy atom. The van der Waals surface area contributed by atoms with E-state index in [0.29, 0.717) is 21.1 Å². The molecule has 0 aliphatic heterocycles. The van der Waals surface area contributed by atoms with Gasteiger partial charge in [0.25, 0.3) is 5.91 Å². The van der Waals surface area contributed by atoms with Gasteiger partial charge in [0.05, 0.1) is 30.3 Å². The molecule has 0 aliphatic carbocycles. The number of ether oxygens (including phenoxy) is 1. The van der Waals surface area contributed by atoms with Crippen LogP contribution in [0.3, 0.4) is 0 Å². The highest BCUT2D eigenvalue weighted by Gasteiger charge is 2.40. The number of hydrogen-bond donors (Lipinski definition) is 1. The molecule has 0 saturated heterocycles. The zero-order valence-electron chi connectivity index (χ0n) is 16.4. The molecule has 0 saturated carbocycles. The summed E-state index contributed by atoms with van der Waals surface area (Å²) in [5.41, 5.74) is -0.343. The lowest BCUT2D eigenvalue weighted by molar-refractivity contribution is -0.143. The number of aromatic nitrogens is 3. The number of alkyl halides is 3. The van der Waals surface area contributed by atoms with E-state index in [9.17, 15) is 18.0 Å². The lowest BCUT2D eigenvalue weighted by Crippen LogP contribution is -2.20. The number of anilines is 1. The maximum atomic E-state index is 13.8. The van der Waals surface area contributed by atoms with Gasteiger partial charge in [-0.25, -0.2) is 9.67 Å². The topological polar surface area (TPSA) is 69.0 Å². The third kappa shape index (κ3) is 4.46.